The second kappa shape index (κ2) is 7.09. The van der Waals surface area contributed by atoms with E-state index in [2.05, 4.69) is 20.1 Å². The Balaban J connectivity index is 1.27. The second-order valence-electron chi connectivity index (χ2n) is 7.08. The quantitative estimate of drug-likeness (QED) is 0.802. The minimum absolute atomic E-state index is 0.0416. The van der Waals surface area contributed by atoms with Crippen LogP contribution in [0.5, 0.6) is 0 Å². The maximum atomic E-state index is 12.2. The molecule has 0 spiro atoms. The Bertz CT molecular complexity index is 789. The van der Waals surface area contributed by atoms with Crippen molar-refractivity contribution in [2.24, 2.45) is 0 Å². The molecule has 134 valence electrons. The smallest absolute Gasteiger partial charge is 0.267 e. The van der Waals surface area contributed by atoms with Gasteiger partial charge in [-0.25, -0.2) is 4.68 Å². The van der Waals surface area contributed by atoms with Crippen LogP contribution in [0, 0.1) is 6.92 Å². The summed E-state index contributed by atoms with van der Waals surface area (Å²) in [6, 6.07) is 3.78. The standard InChI is InChI=1S/C18H25N5O2/c1-14-11-16(25-20-14)13-22-7-5-21(6-8-22)9-10-23-18(24)12-15-3-2-4-17(15)19-23/h11-12H,2-10,13H2,1H3. The van der Waals surface area contributed by atoms with Gasteiger partial charge in [0.15, 0.2) is 5.76 Å². The van der Waals surface area contributed by atoms with Gasteiger partial charge in [-0.2, -0.15) is 5.10 Å². The summed E-state index contributed by atoms with van der Waals surface area (Å²) in [4.78, 5) is 17.0. The third kappa shape index (κ3) is 3.82. The molecular weight excluding hydrogens is 318 g/mol. The summed E-state index contributed by atoms with van der Waals surface area (Å²) in [6.45, 7) is 8.34. The maximum absolute atomic E-state index is 12.2. The molecule has 7 nitrogen and oxygen atoms in total. The molecule has 1 aliphatic carbocycles. The molecule has 1 aliphatic heterocycles. The van der Waals surface area contributed by atoms with E-state index < -0.39 is 0 Å². The molecule has 7 heteroatoms. The van der Waals surface area contributed by atoms with Crippen molar-refractivity contribution in [2.45, 2.75) is 39.3 Å². The van der Waals surface area contributed by atoms with Gasteiger partial charge in [-0.3, -0.25) is 14.6 Å². The predicted octanol–water partition coefficient (Wildman–Crippen LogP) is 0.846. The van der Waals surface area contributed by atoms with Crippen molar-refractivity contribution < 1.29 is 4.52 Å². The van der Waals surface area contributed by atoms with Gasteiger partial charge < -0.3 is 4.52 Å². The highest BCUT2D eigenvalue weighted by molar-refractivity contribution is 5.22. The summed E-state index contributed by atoms with van der Waals surface area (Å²) in [5, 5.41) is 8.50. The average Bonchev–Trinajstić information content (AvgIpc) is 3.22. The second-order valence-corrected chi connectivity index (χ2v) is 7.08. The molecule has 4 rings (SSSR count). The molecule has 2 aromatic heterocycles. The van der Waals surface area contributed by atoms with Crippen molar-refractivity contribution >= 4 is 0 Å². The molecule has 3 heterocycles. The SMILES string of the molecule is Cc1cc(CN2CCN(CCn3nc4c(cc3=O)CCC4)CC2)on1. The van der Waals surface area contributed by atoms with Gasteiger partial charge in [0.25, 0.3) is 5.56 Å². The van der Waals surface area contributed by atoms with Crippen molar-refractivity contribution in [3.63, 3.8) is 0 Å². The van der Waals surface area contributed by atoms with Gasteiger partial charge in [0, 0.05) is 44.9 Å². The molecule has 0 bridgehead atoms. The topological polar surface area (TPSA) is 67.4 Å². The Kier molecular flexibility index (Phi) is 4.67. The first kappa shape index (κ1) is 16.5. The van der Waals surface area contributed by atoms with Crippen LogP contribution in [0.2, 0.25) is 0 Å². The zero-order valence-electron chi connectivity index (χ0n) is 14.8. The Morgan fingerprint density at radius 3 is 2.64 bits per heavy atom. The van der Waals surface area contributed by atoms with E-state index in [1.807, 2.05) is 13.0 Å². The van der Waals surface area contributed by atoms with E-state index in [0.29, 0.717) is 6.54 Å². The van der Waals surface area contributed by atoms with Gasteiger partial charge >= 0.3 is 0 Å². The molecule has 0 N–H and O–H groups in total. The molecule has 0 radical (unpaired) electrons. The van der Waals surface area contributed by atoms with Crippen molar-refractivity contribution in [3.8, 4) is 0 Å². The van der Waals surface area contributed by atoms with E-state index in [-0.39, 0.29) is 5.56 Å². The molecule has 0 atom stereocenters. The number of nitrogens with zero attached hydrogens (tertiary/aromatic N) is 5. The fourth-order valence-electron chi connectivity index (χ4n) is 3.72. The molecule has 0 unspecified atom stereocenters. The average molecular weight is 343 g/mol. The molecular formula is C18H25N5O2. The number of fused-ring (bicyclic) bond motifs is 1. The Morgan fingerprint density at radius 1 is 1.08 bits per heavy atom. The number of rotatable bonds is 5. The van der Waals surface area contributed by atoms with Crippen LogP contribution in [0.3, 0.4) is 0 Å². The summed E-state index contributed by atoms with van der Waals surface area (Å²) in [6.07, 6.45) is 3.14. The minimum Gasteiger partial charge on any atom is -0.360 e. The van der Waals surface area contributed by atoms with E-state index in [4.69, 9.17) is 4.52 Å². The lowest BCUT2D eigenvalue weighted by molar-refractivity contribution is 0.114. The van der Waals surface area contributed by atoms with E-state index >= 15 is 0 Å². The summed E-state index contributed by atoms with van der Waals surface area (Å²) in [5.74, 6) is 0.930. The maximum Gasteiger partial charge on any atom is 0.267 e. The minimum atomic E-state index is 0.0416. The van der Waals surface area contributed by atoms with Crippen LogP contribution in [0.25, 0.3) is 0 Å². The summed E-state index contributed by atoms with van der Waals surface area (Å²) >= 11 is 0. The van der Waals surface area contributed by atoms with Crippen LogP contribution in [-0.4, -0.2) is 57.5 Å². The normalized spacial score (nSPS) is 18.6. The highest BCUT2D eigenvalue weighted by Crippen LogP contribution is 2.17. The summed E-state index contributed by atoms with van der Waals surface area (Å²) in [7, 11) is 0. The number of piperazine rings is 1. The number of aromatic nitrogens is 3. The molecule has 0 aromatic carbocycles. The van der Waals surface area contributed by atoms with Crippen LogP contribution in [0.15, 0.2) is 21.5 Å². The van der Waals surface area contributed by atoms with E-state index in [0.717, 1.165) is 81.2 Å². The van der Waals surface area contributed by atoms with Crippen LogP contribution in [0.1, 0.15) is 29.1 Å². The third-order valence-corrected chi connectivity index (χ3v) is 5.17. The van der Waals surface area contributed by atoms with Gasteiger partial charge in [0.2, 0.25) is 0 Å². The number of hydrogen-bond donors (Lipinski definition) is 0. The Morgan fingerprint density at radius 2 is 1.88 bits per heavy atom. The van der Waals surface area contributed by atoms with Crippen LogP contribution >= 0.6 is 0 Å². The van der Waals surface area contributed by atoms with E-state index in [1.165, 1.54) is 0 Å². The first-order valence-electron chi connectivity index (χ1n) is 9.14. The van der Waals surface area contributed by atoms with Gasteiger partial charge in [-0.1, -0.05) is 5.16 Å². The first-order valence-corrected chi connectivity index (χ1v) is 9.14. The monoisotopic (exact) mass is 343 g/mol. The highest BCUT2D eigenvalue weighted by atomic mass is 16.5. The Hall–Kier alpha value is -1.99. The molecule has 0 amide bonds. The first-order chi connectivity index (χ1) is 12.2. The van der Waals surface area contributed by atoms with Gasteiger partial charge in [-0.05, 0) is 31.7 Å². The molecule has 2 aliphatic rings. The van der Waals surface area contributed by atoms with Crippen molar-refractivity contribution in [1.29, 1.82) is 0 Å². The van der Waals surface area contributed by atoms with Gasteiger partial charge in [0.1, 0.15) is 0 Å². The number of aryl methyl sites for hydroxylation is 3. The number of hydrogen-bond acceptors (Lipinski definition) is 6. The molecule has 2 aromatic rings. The van der Waals surface area contributed by atoms with E-state index in [9.17, 15) is 4.79 Å². The fourth-order valence-corrected chi connectivity index (χ4v) is 3.72. The summed E-state index contributed by atoms with van der Waals surface area (Å²) in [5.41, 5.74) is 3.24. The van der Waals surface area contributed by atoms with Gasteiger partial charge in [-0.15, -0.1) is 0 Å². The summed E-state index contributed by atoms with van der Waals surface area (Å²) < 4.78 is 6.94. The zero-order valence-corrected chi connectivity index (χ0v) is 14.8. The van der Waals surface area contributed by atoms with E-state index in [1.54, 1.807) is 10.7 Å². The van der Waals surface area contributed by atoms with Crippen molar-refractivity contribution in [2.75, 3.05) is 32.7 Å². The molecule has 1 fully saturated rings. The lowest BCUT2D eigenvalue weighted by Gasteiger charge is -2.34. The predicted molar refractivity (Wildman–Crippen MR) is 93.5 cm³/mol. The lowest BCUT2D eigenvalue weighted by atomic mass is 10.2. The lowest BCUT2D eigenvalue weighted by Crippen LogP contribution is -2.47. The molecule has 25 heavy (non-hydrogen) atoms. The van der Waals surface area contributed by atoms with Gasteiger partial charge in [0.05, 0.1) is 24.5 Å². The van der Waals surface area contributed by atoms with Crippen LogP contribution in [-0.2, 0) is 25.9 Å². The third-order valence-electron chi connectivity index (χ3n) is 5.17. The largest absolute Gasteiger partial charge is 0.360 e. The van der Waals surface area contributed by atoms with Crippen molar-refractivity contribution in [1.82, 2.24) is 24.7 Å². The highest BCUT2D eigenvalue weighted by Gasteiger charge is 2.19. The zero-order chi connectivity index (χ0) is 17.2. The van der Waals surface area contributed by atoms with Crippen LogP contribution in [0.4, 0.5) is 0 Å². The fraction of sp³-hybridized carbons (Fsp3) is 0.611. The molecule has 0 saturated carbocycles. The van der Waals surface area contributed by atoms with Crippen LogP contribution < -0.4 is 5.56 Å². The van der Waals surface area contributed by atoms with Crippen molar-refractivity contribution in [3.05, 3.63) is 45.2 Å². The Labute approximate surface area is 147 Å². The molecule has 1 saturated heterocycles.